The average molecular weight is 281 g/mol. The lowest BCUT2D eigenvalue weighted by atomic mass is 10.1. The summed E-state index contributed by atoms with van der Waals surface area (Å²) in [6.45, 7) is 4.22. The first-order valence-corrected chi connectivity index (χ1v) is 5.17. The standard InChI is InChI=1S/C8H16IN3/c1-6(9)8(11-5-10)7(2)12(3)4/h6-8,10H,1-4H3. The largest absolute Gasteiger partial charge is 0.305 e. The van der Waals surface area contributed by atoms with E-state index in [1.54, 1.807) is 0 Å². The summed E-state index contributed by atoms with van der Waals surface area (Å²) in [6.07, 6.45) is 0. The molecule has 0 fully saturated rings. The summed E-state index contributed by atoms with van der Waals surface area (Å²) >= 11 is 2.33. The second-order valence-corrected chi connectivity index (χ2v) is 5.08. The van der Waals surface area contributed by atoms with Crippen LogP contribution in [-0.2, 0) is 0 Å². The van der Waals surface area contributed by atoms with E-state index in [0.717, 1.165) is 0 Å². The summed E-state index contributed by atoms with van der Waals surface area (Å²) < 4.78 is 0.429. The highest BCUT2D eigenvalue weighted by atomic mass is 127. The summed E-state index contributed by atoms with van der Waals surface area (Å²) in [5.74, 6) is 0. The molecule has 0 aromatic heterocycles. The number of hydrogen-bond acceptors (Lipinski definition) is 3. The third-order valence-electron chi connectivity index (χ3n) is 1.99. The van der Waals surface area contributed by atoms with E-state index in [1.165, 1.54) is 0 Å². The molecule has 0 aliphatic rings. The number of alkyl halides is 1. The number of rotatable bonds is 4. The molecule has 0 bridgehead atoms. The van der Waals surface area contributed by atoms with Gasteiger partial charge in [0.2, 0.25) is 0 Å². The Balaban J connectivity index is 4.39. The fourth-order valence-electron chi connectivity index (χ4n) is 0.974. The molecule has 0 saturated heterocycles. The van der Waals surface area contributed by atoms with Gasteiger partial charge in [0, 0.05) is 9.97 Å². The van der Waals surface area contributed by atoms with E-state index < -0.39 is 0 Å². The van der Waals surface area contributed by atoms with Crippen LogP contribution in [-0.4, -0.2) is 41.0 Å². The Morgan fingerprint density at radius 2 is 1.92 bits per heavy atom. The Hall–Kier alpha value is 0.0700. The molecule has 3 unspecified atom stereocenters. The zero-order chi connectivity index (χ0) is 9.72. The third-order valence-corrected chi connectivity index (χ3v) is 2.73. The summed E-state index contributed by atoms with van der Waals surface area (Å²) in [7, 11) is 4.05. The lowest BCUT2D eigenvalue weighted by Gasteiger charge is -2.27. The van der Waals surface area contributed by atoms with Crippen LogP contribution in [0.15, 0.2) is 4.99 Å². The van der Waals surface area contributed by atoms with E-state index in [2.05, 4.69) is 52.3 Å². The van der Waals surface area contributed by atoms with Gasteiger partial charge < -0.3 is 4.90 Å². The second-order valence-electron chi connectivity index (χ2n) is 3.11. The topological polar surface area (TPSA) is 39.5 Å². The van der Waals surface area contributed by atoms with Gasteiger partial charge in [-0.25, -0.2) is 10.4 Å². The van der Waals surface area contributed by atoms with E-state index in [1.807, 2.05) is 14.1 Å². The monoisotopic (exact) mass is 281 g/mol. The van der Waals surface area contributed by atoms with Crippen molar-refractivity contribution < 1.29 is 0 Å². The van der Waals surface area contributed by atoms with E-state index >= 15 is 0 Å². The van der Waals surface area contributed by atoms with Gasteiger partial charge in [-0.3, -0.25) is 0 Å². The van der Waals surface area contributed by atoms with Gasteiger partial charge in [-0.1, -0.05) is 29.5 Å². The Kier molecular flexibility index (Phi) is 5.70. The van der Waals surface area contributed by atoms with Gasteiger partial charge in [0.1, 0.15) is 0 Å². The van der Waals surface area contributed by atoms with E-state index in [-0.39, 0.29) is 6.04 Å². The molecule has 0 rings (SSSR count). The number of hydrogen-bond donors (Lipinski definition) is 1. The molecular weight excluding hydrogens is 265 g/mol. The van der Waals surface area contributed by atoms with Crippen molar-refractivity contribution in [3.05, 3.63) is 0 Å². The minimum Gasteiger partial charge on any atom is -0.305 e. The number of nitrogens with one attached hydrogen (secondary N) is 1. The van der Waals surface area contributed by atoms with Crippen LogP contribution in [0.1, 0.15) is 13.8 Å². The lowest BCUT2D eigenvalue weighted by Crippen LogP contribution is -2.39. The zero-order valence-corrected chi connectivity index (χ0v) is 10.2. The summed E-state index contributed by atoms with van der Waals surface area (Å²) in [6, 6.07) is 2.65. The lowest BCUT2D eigenvalue weighted by molar-refractivity contribution is 0.275. The second kappa shape index (κ2) is 5.67. The molecular formula is C8H16IN3. The molecule has 0 saturated carbocycles. The average Bonchev–Trinajstić information content (AvgIpc) is 1.98. The molecule has 0 radical (unpaired) electrons. The van der Waals surface area contributed by atoms with Crippen molar-refractivity contribution in [1.82, 2.24) is 4.90 Å². The first-order valence-electron chi connectivity index (χ1n) is 3.92. The van der Waals surface area contributed by atoms with E-state index in [9.17, 15) is 0 Å². The van der Waals surface area contributed by atoms with E-state index in [0.29, 0.717) is 9.97 Å². The minimum atomic E-state index is 0.165. The first kappa shape index (κ1) is 12.1. The molecule has 12 heavy (non-hydrogen) atoms. The predicted octanol–water partition coefficient (Wildman–Crippen LogP) is 1.88. The molecule has 0 heterocycles. The summed E-state index contributed by atoms with van der Waals surface area (Å²) in [5.41, 5.74) is 0. The Morgan fingerprint density at radius 1 is 1.42 bits per heavy atom. The van der Waals surface area contributed by atoms with Crippen LogP contribution in [0.2, 0.25) is 0 Å². The smallest absolute Gasteiger partial charge is 0.0875 e. The number of aliphatic imine (C=N–C) groups is 1. The fraction of sp³-hybridized carbons (Fsp3) is 0.875. The third kappa shape index (κ3) is 3.65. The molecule has 0 spiro atoms. The molecule has 4 heteroatoms. The maximum Gasteiger partial charge on any atom is 0.0875 e. The van der Waals surface area contributed by atoms with Crippen molar-refractivity contribution in [2.45, 2.75) is 29.9 Å². The summed E-state index contributed by atoms with van der Waals surface area (Å²) in [5, 5.41) is 6.82. The highest BCUT2D eigenvalue weighted by Crippen LogP contribution is 2.15. The van der Waals surface area contributed by atoms with Crippen LogP contribution in [0.3, 0.4) is 0 Å². The Labute approximate surface area is 87.9 Å². The van der Waals surface area contributed by atoms with Crippen LogP contribution in [0.5, 0.6) is 0 Å². The van der Waals surface area contributed by atoms with Crippen molar-refractivity contribution in [3.8, 4) is 0 Å². The normalized spacial score (nSPS) is 18.2. The van der Waals surface area contributed by atoms with Gasteiger partial charge in [-0.15, -0.1) is 0 Å². The maximum absolute atomic E-state index is 6.82. The quantitative estimate of drug-likeness (QED) is 0.477. The van der Waals surface area contributed by atoms with Crippen molar-refractivity contribution >= 4 is 28.6 Å². The van der Waals surface area contributed by atoms with Crippen molar-refractivity contribution in [1.29, 1.82) is 5.41 Å². The minimum absolute atomic E-state index is 0.165. The van der Waals surface area contributed by atoms with Crippen molar-refractivity contribution in [3.63, 3.8) is 0 Å². The highest BCUT2D eigenvalue weighted by molar-refractivity contribution is 14.1. The van der Waals surface area contributed by atoms with Gasteiger partial charge in [0.15, 0.2) is 0 Å². The molecule has 0 aromatic rings. The van der Waals surface area contributed by atoms with Gasteiger partial charge in [0.05, 0.1) is 12.1 Å². The SMILES string of the molecule is CC(I)C(N=C=N)C(C)N(C)C. The molecule has 0 aliphatic carbocycles. The zero-order valence-electron chi connectivity index (χ0n) is 8.00. The van der Waals surface area contributed by atoms with Crippen LogP contribution in [0.25, 0.3) is 0 Å². The van der Waals surface area contributed by atoms with Gasteiger partial charge in [-0.05, 0) is 21.0 Å². The molecule has 0 amide bonds. The van der Waals surface area contributed by atoms with Crippen LogP contribution >= 0.6 is 22.6 Å². The van der Waals surface area contributed by atoms with Crippen LogP contribution in [0, 0.1) is 5.41 Å². The maximum atomic E-state index is 6.82. The highest BCUT2D eigenvalue weighted by Gasteiger charge is 2.22. The van der Waals surface area contributed by atoms with Crippen molar-refractivity contribution in [2.75, 3.05) is 14.1 Å². The van der Waals surface area contributed by atoms with Gasteiger partial charge >= 0.3 is 0 Å². The fourth-order valence-corrected chi connectivity index (χ4v) is 1.74. The van der Waals surface area contributed by atoms with Crippen LogP contribution < -0.4 is 0 Å². The number of nitrogens with zero attached hydrogens (tertiary/aromatic N) is 2. The Bertz CT molecular complexity index is 173. The molecule has 0 aliphatic heterocycles. The molecule has 3 atom stereocenters. The first-order chi connectivity index (χ1) is 5.50. The predicted molar refractivity (Wildman–Crippen MR) is 60.6 cm³/mol. The van der Waals surface area contributed by atoms with Gasteiger partial charge in [0.25, 0.3) is 0 Å². The number of likely N-dealkylation sites (N-methyl/N-ethyl adjacent to an activating group) is 1. The summed E-state index contributed by atoms with van der Waals surface area (Å²) in [4.78, 5) is 6.12. The molecule has 1 N–H and O–H groups in total. The van der Waals surface area contributed by atoms with E-state index in [4.69, 9.17) is 5.41 Å². The number of halogens is 1. The molecule has 70 valence electrons. The molecule has 3 nitrogen and oxygen atoms in total. The van der Waals surface area contributed by atoms with Gasteiger partial charge in [-0.2, -0.15) is 0 Å². The molecule has 0 aromatic carbocycles. The van der Waals surface area contributed by atoms with Crippen molar-refractivity contribution in [2.24, 2.45) is 4.99 Å². The Morgan fingerprint density at radius 3 is 2.17 bits per heavy atom. The van der Waals surface area contributed by atoms with Crippen LogP contribution in [0.4, 0.5) is 0 Å².